The summed E-state index contributed by atoms with van der Waals surface area (Å²) in [4.78, 5) is 0. The molecule has 0 aliphatic carbocycles. The first-order chi connectivity index (χ1) is 5.20. The molecule has 0 aromatic heterocycles. The Morgan fingerprint density at radius 2 is 1.09 bits per heavy atom. The molecule has 0 fully saturated rings. The molecular weight excluding hydrogens is 321 g/mol. The van der Waals surface area contributed by atoms with Gasteiger partial charge in [0.05, 0.1) is 0 Å². The second-order valence-corrected chi connectivity index (χ2v) is 16.3. The Labute approximate surface area is 89.1 Å². The Kier molecular flexibility index (Phi) is 8.00. The van der Waals surface area contributed by atoms with Crippen molar-refractivity contribution in [2.24, 2.45) is 0 Å². The molecule has 11 heavy (non-hydrogen) atoms. The van der Waals surface area contributed by atoms with Crippen LogP contribution in [0.4, 0.5) is 0 Å². The topological polar surface area (TPSA) is 0 Å². The van der Waals surface area contributed by atoms with E-state index >= 15 is 0 Å². The predicted molar refractivity (Wildman–Crippen MR) is 53.8 cm³/mol. The van der Waals surface area contributed by atoms with Crippen LogP contribution in [0.2, 0.25) is 0 Å². The van der Waals surface area contributed by atoms with Crippen LogP contribution in [-0.2, 0) is 13.2 Å². The van der Waals surface area contributed by atoms with Crippen molar-refractivity contribution in [3.05, 3.63) is 35.4 Å². The van der Waals surface area contributed by atoms with Crippen molar-refractivity contribution < 1.29 is 13.2 Å². The van der Waals surface area contributed by atoms with E-state index in [1.54, 1.807) is 0 Å². The second-order valence-electron chi connectivity index (χ2n) is 2.26. The second kappa shape index (κ2) is 7.45. The molecule has 1 aromatic carbocycles. The van der Waals surface area contributed by atoms with Gasteiger partial charge in [-0.05, 0) is 13.8 Å². The van der Waals surface area contributed by atoms with E-state index in [1.807, 2.05) is 0 Å². The first-order valence-electron chi connectivity index (χ1n) is 3.36. The van der Waals surface area contributed by atoms with Gasteiger partial charge in [0.25, 0.3) is 0 Å². The van der Waals surface area contributed by atoms with Crippen molar-refractivity contribution in [3.8, 4) is 0 Å². The van der Waals surface area contributed by atoms with Crippen LogP contribution in [0.5, 0.6) is 0 Å². The zero-order chi connectivity index (χ0) is 8.69. The average molecular weight is 331 g/mol. The van der Waals surface area contributed by atoms with Crippen molar-refractivity contribution in [1.82, 2.24) is 0 Å². The molecule has 0 heterocycles. The predicted octanol–water partition coefficient (Wildman–Crippen LogP) is 3.99. The summed E-state index contributed by atoms with van der Waals surface area (Å²) < 4.78 is 0. The van der Waals surface area contributed by atoms with Crippen LogP contribution < -0.4 is 0 Å². The molecule has 1 rings (SSSR count). The van der Waals surface area contributed by atoms with E-state index in [2.05, 4.69) is 65.4 Å². The monoisotopic (exact) mass is 328 g/mol. The number of hydrogen-bond donors (Lipinski definition) is 0. The minimum absolute atomic E-state index is 0.250. The Morgan fingerprint density at radius 1 is 0.909 bits per heavy atom. The Hall–Kier alpha value is 0.803. The first-order valence-corrected chi connectivity index (χ1v) is 17.3. The third kappa shape index (κ3) is 7.17. The van der Waals surface area contributed by atoms with Crippen molar-refractivity contribution in [3.63, 3.8) is 0 Å². The zero-order valence-electron chi connectivity index (χ0n) is 6.77. The van der Waals surface area contributed by atoms with Crippen LogP contribution in [-0.4, -0.2) is 0 Å². The molecule has 0 saturated carbocycles. The van der Waals surface area contributed by atoms with E-state index in [-0.39, 0.29) is 13.2 Å². The van der Waals surface area contributed by atoms with Gasteiger partial charge in [0.1, 0.15) is 0 Å². The SMILES string of the molecule is Cc1ccc(C)cc1.[Br][Zn][Br]. The third-order valence-corrected chi connectivity index (χ3v) is 1.22. The standard InChI is InChI=1S/C8H10.2BrH.Zn/c1-7-3-5-8(2)6-4-7;;;/h3-6H,1-2H3;2*1H;/q;;;+2/p-2. The summed E-state index contributed by atoms with van der Waals surface area (Å²) in [5.74, 6) is 0. The van der Waals surface area contributed by atoms with Gasteiger partial charge in [0.15, 0.2) is 0 Å². The maximum absolute atomic E-state index is 3.25. The van der Waals surface area contributed by atoms with E-state index in [4.69, 9.17) is 0 Å². The summed E-state index contributed by atoms with van der Waals surface area (Å²) in [6.07, 6.45) is 0. The number of aryl methyl sites for hydroxylation is 2. The zero-order valence-corrected chi connectivity index (χ0v) is 12.9. The molecule has 0 nitrogen and oxygen atoms in total. The van der Waals surface area contributed by atoms with Gasteiger partial charge < -0.3 is 0 Å². The molecule has 0 radical (unpaired) electrons. The minimum atomic E-state index is -0.250. The molecule has 0 N–H and O–H groups in total. The Morgan fingerprint density at radius 3 is 1.27 bits per heavy atom. The van der Waals surface area contributed by atoms with E-state index in [0.29, 0.717) is 0 Å². The van der Waals surface area contributed by atoms with Crippen LogP contribution >= 0.6 is 27.2 Å². The molecule has 0 aliphatic rings. The summed E-state index contributed by atoms with van der Waals surface area (Å²) >= 11 is 6.25. The summed E-state index contributed by atoms with van der Waals surface area (Å²) in [5.41, 5.74) is 2.66. The first kappa shape index (κ1) is 11.8. The molecule has 0 amide bonds. The molecular formula is C8H10Br2Zn. The maximum atomic E-state index is 3.25. The van der Waals surface area contributed by atoms with Gasteiger partial charge in [-0.2, -0.15) is 0 Å². The fraction of sp³-hybridized carbons (Fsp3) is 0.250. The van der Waals surface area contributed by atoms with Gasteiger partial charge >= 0.3 is 40.5 Å². The van der Waals surface area contributed by atoms with Gasteiger partial charge in [-0.15, -0.1) is 0 Å². The van der Waals surface area contributed by atoms with Crippen molar-refractivity contribution in [2.45, 2.75) is 13.8 Å². The van der Waals surface area contributed by atoms with Crippen LogP contribution in [0.15, 0.2) is 24.3 Å². The Bertz CT molecular complexity index is 163. The van der Waals surface area contributed by atoms with E-state index in [0.717, 1.165) is 0 Å². The summed E-state index contributed by atoms with van der Waals surface area (Å²) in [6, 6.07) is 8.48. The number of halogens is 2. The quantitative estimate of drug-likeness (QED) is 0.631. The van der Waals surface area contributed by atoms with Gasteiger partial charge in [-0.1, -0.05) is 35.4 Å². The van der Waals surface area contributed by atoms with Crippen LogP contribution in [0.1, 0.15) is 11.1 Å². The molecule has 3 heteroatoms. The molecule has 0 atom stereocenters. The molecule has 0 saturated heterocycles. The van der Waals surface area contributed by atoms with Gasteiger partial charge in [-0.3, -0.25) is 0 Å². The van der Waals surface area contributed by atoms with Crippen molar-refractivity contribution in [1.29, 1.82) is 0 Å². The normalized spacial score (nSPS) is 7.64. The molecule has 58 valence electrons. The third-order valence-electron chi connectivity index (χ3n) is 1.22. The molecule has 0 spiro atoms. The van der Waals surface area contributed by atoms with Gasteiger partial charge in [0, 0.05) is 0 Å². The van der Waals surface area contributed by atoms with Crippen LogP contribution in [0.3, 0.4) is 0 Å². The van der Waals surface area contributed by atoms with Gasteiger partial charge in [0.2, 0.25) is 0 Å². The number of hydrogen-bond acceptors (Lipinski definition) is 0. The fourth-order valence-corrected chi connectivity index (χ4v) is 0.637. The fourth-order valence-electron chi connectivity index (χ4n) is 0.637. The van der Waals surface area contributed by atoms with Crippen molar-refractivity contribution in [2.75, 3.05) is 0 Å². The molecule has 0 unspecified atom stereocenters. The number of benzene rings is 1. The van der Waals surface area contributed by atoms with Crippen LogP contribution in [0.25, 0.3) is 0 Å². The molecule has 0 bridgehead atoms. The molecule has 0 aliphatic heterocycles. The summed E-state index contributed by atoms with van der Waals surface area (Å²) in [5, 5.41) is 0. The number of rotatable bonds is 0. The van der Waals surface area contributed by atoms with E-state index in [9.17, 15) is 0 Å². The van der Waals surface area contributed by atoms with E-state index in [1.165, 1.54) is 11.1 Å². The molecule has 1 aromatic rings. The van der Waals surface area contributed by atoms with Crippen LogP contribution in [0, 0.1) is 13.8 Å². The average Bonchev–Trinajstić information content (AvgIpc) is 1.97. The summed E-state index contributed by atoms with van der Waals surface area (Å²) in [6.45, 7) is 4.19. The van der Waals surface area contributed by atoms with Crippen molar-refractivity contribution >= 4 is 27.2 Å². The van der Waals surface area contributed by atoms with E-state index < -0.39 is 0 Å². The Balaban J connectivity index is 0.000000292. The summed E-state index contributed by atoms with van der Waals surface area (Å²) in [7, 11) is 0. The van der Waals surface area contributed by atoms with Gasteiger partial charge in [-0.25, -0.2) is 0 Å².